The van der Waals surface area contributed by atoms with Crippen LogP contribution in [0.3, 0.4) is 0 Å². The number of carbonyl (C=O) groups is 1. The minimum atomic E-state index is 0.0696. The lowest BCUT2D eigenvalue weighted by atomic mass is 10.2. The first kappa shape index (κ1) is 16.0. The van der Waals surface area contributed by atoms with Crippen LogP contribution >= 0.6 is 0 Å². The van der Waals surface area contributed by atoms with Crippen molar-refractivity contribution >= 4 is 11.6 Å². The molecule has 4 nitrogen and oxygen atoms in total. The van der Waals surface area contributed by atoms with Crippen LogP contribution < -0.4 is 10.6 Å². The van der Waals surface area contributed by atoms with Gasteiger partial charge < -0.3 is 15.4 Å². The molecular weight excluding hydrogens is 264 g/mol. The maximum absolute atomic E-state index is 11.7. The summed E-state index contributed by atoms with van der Waals surface area (Å²) in [6.07, 6.45) is 6.83. The summed E-state index contributed by atoms with van der Waals surface area (Å²) in [5.74, 6) is 0.0696. The number of amides is 1. The topological polar surface area (TPSA) is 50.4 Å². The van der Waals surface area contributed by atoms with Crippen LogP contribution in [-0.4, -0.2) is 25.6 Å². The van der Waals surface area contributed by atoms with Gasteiger partial charge in [-0.05, 0) is 50.6 Å². The quantitative estimate of drug-likeness (QED) is 0.723. The van der Waals surface area contributed by atoms with Gasteiger partial charge in [0.05, 0.1) is 12.7 Å². The van der Waals surface area contributed by atoms with E-state index in [4.69, 9.17) is 4.74 Å². The number of rotatable bonds is 8. The van der Waals surface area contributed by atoms with Gasteiger partial charge in [0.25, 0.3) is 0 Å². The van der Waals surface area contributed by atoms with Crippen LogP contribution in [0.1, 0.15) is 44.1 Å². The summed E-state index contributed by atoms with van der Waals surface area (Å²) in [6, 6.07) is 7.95. The molecule has 0 aliphatic heterocycles. The van der Waals surface area contributed by atoms with E-state index < -0.39 is 0 Å². The third-order valence-corrected chi connectivity index (χ3v) is 3.86. The lowest BCUT2D eigenvalue weighted by molar-refractivity contribution is -0.116. The molecule has 116 valence electrons. The molecule has 1 amide bonds. The molecule has 1 aromatic carbocycles. The highest BCUT2D eigenvalue weighted by Crippen LogP contribution is 2.22. The van der Waals surface area contributed by atoms with Crippen LogP contribution in [0.25, 0.3) is 0 Å². The smallest absolute Gasteiger partial charge is 0.224 e. The molecule has 1 saturated carbocycles. The van der Waals surface area contributed by atoms with Gasteiger partial charge in [-0.15, -0.1) is 0 Å². The van der Waals surface area contributed by atoms with Crippen LogP contribution in [0.15, 0.2) is 24.3 Å². The lowest BCUT2D eigenvalue weighted by Crippen LogP contribution is -2.15. The van der Waals surface area contributed by atoms with Gasteiger partial charge in [-0.3, -0.25) is 4.79 Å². The normalized spacial score (nSPS) is 15.3. The number of hydrogen-bond acceptors (Lipinski definition) is 3. The molecule has 1 aromatic rings. The first-order valence-electron chi connectivity index (χ1n) is 7.93. The lowest BCUT2D eigenvalue weighted by Gasteiger charge is -2.11. The second kappa shape index (κ2) is 8.80. The Balaban J connectivity index is 1.71. The number of ether oxygens (including phenoxy) is 1. The third kappa shape index (κ3) is 5.86. The minimum Gasteiger partial charge on any atom is -0.374 e. The van der Waals surface area contributed by atoms with Crippen molar-refractivity contribution < 1.29 is 9.53 Å². The number of anilines is 1. The Hall–Kier alpha value is -1.39. The Morgan fingerprint density at radius 1 is 1.24 bits per heavy atom. The van der Waals surface area contributed by atoms with E-state index in [2.05, 4.69) is 10.6 Å². The highest BCUT2D eigenvalue weighted by Gasteiger charge is 2.15. The van der Waals surface area contributed by atoms with Gasteiger partial charge in [0, 0.05) is 12.1 Å². The highest BCUT2D eigenvalue weighted by atomic mass is 16.5. The summed E-state index contributed by atoms with van der Waals surface area (Å²) < 4.78 is 5.88. The molecule has 1 aliphatic carbocycles. The molecule has 4 heteroatoms. The van der Waals surface area contributed by atoms with Gasteiger partial charge in [0.1, 0.15) is 0 Å². The number of carbonyl (C=O) groups excluding carboxylic acids is 1. The molecule has 0 spiro atoms. The Bertz CT molecular complexity index is 425. The monoisotopic (exact) mass is 290 g/mol. The zero-order valence-corrected chi connectivity index (χ0v) is 12.9. The Morgan fingerprint density at radius 2 is 1.95 bits per heavy atom. The molecule has 1 fully saturated rings. The summed E-state index contributed by atoms with van der Waals surface area (Å²) >= 11 is 0. The average molecular weight is 290 g/mol. The SMILES string of the molecule is CNCCCC(=O)Nc1ccc(COC2CCCC2)cc1. The molecule has 1 aliphatic rings. The van der Waals surface area contributed by atoms with Gasteiger partial charge >= 0.3 is 0 Å². The molecule has 0 aromatic heterocycles. The summed E-state index contributed by atoms with van der Waals surface area (Å²) in [6.45, 7) is 1.53. The van der Waals surface area contributed by atoms with Crippen molar-refractivity contribution in [2.45, 2.75) is 51.2 Å². The second-order valence-electron chi connectivity index (χ2n) is 5.67. The maximum Gasteiger partial charge on any atom is 0.224 e. The van der Waals surface area contributed by atoms with Crippen LogP contribution in [0, 0.1) is 0 Å². The molecule has 0 unspecified atom stereocenters. The fourth-order valence-electron chi connectivity index (χ4n) is 2.60. The minimum absolute atomic E-state index is 0.0696. The number of nitrogens with one attached hydrogen (secondary N) is 2. The maximum atomic E-state index is 11.7. The second-order valence-corrected chi connectivity index (χ2v) is 5.67. The molecule has 21 heavy (non-hydrogen) atoms. The van der Waals surface area contributed by atoms with Crippen molar-refractivity contribution in [1.82, 2.24) is 5.32 Å². The zero-order valence-electron chi connectivity index (χ0n) is 12.9. The van der Waals surface area contributed by atoms with E-state index in [-0.39, 0.29) is 5.91 Å². The van der Waals surface area contributed by atoms with E-state index in [1.54, 1.807) is 0 Å². The number of hydrogen-bond donors (Lipinski definition) is 2. The summed E-state index contributed by atoms with van der Waals surface area (Å²) in [4.78, 5) is 11.7. The van der Waals surface area contributed by atoms with Crippen LogP contribution in [0.4, 0.5) is 5.69 Å². The Morgan fingerprint density at radius 3 is 2.62 bits per heavy atom. The van der Waals surface area contributed by atoms with Gasteiger partial charge in [-0.1, -0.05) is 25.0 Å². The fourth-order valence-corrected chi connectivity index (χ4v) is 2.60. The van der Waals surface area contributed by atoms with Crippen molar-refractivity contribution in [1.29, 1.82) is 0 Å². The van der Waals surface area contributed by atoms with E-state index in [1.165, 1.54) is 25.7 Å². The van der Waals surface area contributed by atoms with Gasteiger partial charge in [-0.2, -0.15) is 0 Å². The third-order valence-electron chi connectivity index (χ3n) is 3.86. The molecule has 0 saturated heterocycles. The van der Waals surface area contributed by atoms with Crippen molar-refractivity contribution in [3.05, 3.63) is 29.8 Å². The Kier molecular flexibility index (Phi) is 6.70. The first-order valence-corrected chi connectivity index (χ1v) is 7.93. The predicted molar refractivity (Wildman–Crippen MR) is 85.3 cm³/mol. The standard InChI is InChI=1S/C17H26N2O2/c1-18-12-4-7-17(20)19-15-10-8-14(9-11-15)13-21-16-5-2-3-6-16/h8-11,16,18H,2-7,12-13H2,1H3,(H,19,20). The van der Waals surface area contributed by atoms with Gasteiger partial charge in [-0.25, -0.2) is 0 Å². The molecular formula is C17H26N2O2. The van der Waals surface area contributed by atoms with Gasteiger partial charge in [0.2, 0.25) is 5.91 Å². The molecule has 0 radical (unpaired) electrons. The van der Waals surface area contributed by atoms with E-state index >= 15 is 0 Å². The van der Waals surface area contributed by atoms with E-state index in [9.17, 15) is 4.79 Å². The first-order chi connectivity index (χ1) is 10.3. The zero-order chi connectivity index (χ0) is 14.9. The molecule has 0 atom stereocenters. The van der Waals surface area contributed by atoms with Crippen LogP contribution in [0.2, 0.25) is 0 Å². The summed E-state index contributed by atoms with van der Waals surface area (Å²) in [7, 11) is 1.89. The average Bonchev–Trinajstić information content (AvgIpc) is 3.00. The molecule has 0 heterocycles. The van der Waals surface area contributed by atoms with Crippen molar-refractivity contribution in [2.75, 3.05) is 18.9 Å². The predicted octanol–water partition coefficient (Wildman–Crippen LogP) is 3.08. The van der Waals surface area contributed by atoms with Crippen LogP contribution in [0.5, 0.6) is 0 Å². The van der Waals surface area contributed by atoms with Crippen molar-refractivity contribution in [3.63, 3.8) is 0 Å². The Labute approximate surface area is 127 Å². The van der Waals surface area contributed by atoms with E-state index in [0.717, 1.165) is 24.2 Å². The summed E-state index contributed by atoms with van der Waals surface area (Å²) in [5.41, 5.74) is 2.02. The molecule has 2 N–H and O–H groups in total. The largest absolute Gasteiger partial charge is 0.374 e. The van der Waals surface area contributed by atoms with E-state index in [1.807, 2.05) is 31.3 Å². The van der Waals surface area contributed by atoms with Crippen molar-refractivity contribution in [2.24, 2.45) is 0 Å². The molecule has 0 bridgehead atoms. The van der Waals surface area contributed by atoms with Crippen molar-refractivity contribution in [3.8, 4) is 0 Å². The molecule has 2 rings (SSSR count). The highest BCUT2D eigenvalue weighted by molar-refractivity contribution is 5.90. The van der Waals surface area contributed by atoms with E-state index in [0.29, 0.717) is 19.1 Å². The number of benzene rings is 1. The van der Waals surface area contributed by atoms with Crippen LogP contribution in [-0.2, 0) is 16.1 Å². The van der Waals surface area contributed by atoms with Gasteiger partial charge in [0.15, 0.2) is 0 Å². The fraction of sp³-hybridized carbons (Fsp3) is 0.588. The summed E-state index contributed by atoms with van der Waals surface area (Å²) in [5, 5.41) is 5.96.